The van der Waals surface area contributed by atoms with E-state index in [0.717, 1.165) is 36.8 Å². The number of carbonyl (C=O) groups excluding carboxylic acids is 1. The van der Waals surface area contributed by atoms with Gasteiger partial charge in [0.05, 0.1) is 11.2 Å². The Bertz CT molecular complexity index is 787. The second-order valence-corrected chi connectivity index (χ2v) is 8.34. The van der Waals surface area contributed by atoms with Gasteiger partial charge in [-0.1, -0.05) is 13.8 Å². The van der Waals surface area contributed by atoms with Crippen LogP contribution in [0.25, 0.3) is 11.0 Å². The van der Waals surface area contributed by atoms with Gasteiger partial charge >= 0.3 is 0 Å². The first kappa shape index (κ1) is 18.8. The fourth-order valence-electron chi connectivity index (χ4n) is 3.68. The summed E-state index contributed by atoms with van der Waals surface area (Å²) in [7, 11) is 0. The summed E-state index contributed by atoms with van der Waals surface area (Å²) < 4.78 is 0. The molecule has 140 valence electrons. The fourth-order valence-corrected chi connectivity index (χ4v) is 3.68. The Labute approximate surface area is 155 Å². The average Bonchev–Trinajstić information content (AvgIpc) is 2.60. The van der Waals surface area contributed by atoms with Crippen LogP contribution < -0.4 is 5.32 Å². The van der Waals surface area contributed by atoms with E-state index >= 15 is 0 Å². The number of fused-ring (bicyclic) bond motifs is 1. The number of hydrogen-bond acceptors (Lipinski definition) is 4. The van der Waals surface area contributed by atoms with Crippen LogP contribution in [0.1, 0.15) is 75.3 Å². The summed E-state index contributed by atoms with van der Waals surface area (Å²) in [5, 5.41) is 14.1. The summed E-state index contributed by atoms with van der Waals surface area (Å²) >= 11 is 0. The Morgan fingerprint density at radius 2 is 1.92 bits per heavy atom. The lowest BCUT2D eigenvalue weighted by Gasteiger charge is -2.36. The van der Waals surface area contributed by atoms with E-state index in [0.29, 0.717) is 23.0 Å². The summed E-state index contributed by atoms with van der Waals surface area (Å²) in [6.45, 7) is 7.94. The highest BCUT2D eigenvalue weighted by molar-refractivity contribution is 5.97. The van der Waals surface area contributed by atoms with E-state index in [-0.39, 0.29) is 11.9 Å². The van der Waals surface area contributed by atoms with Crippen LogP contribution in [0.2, 0.25) is 0 Å². The average molecular weight is 355 g/mol. The molecule has 1 aliphatic carbocycles. The summed E-state index contributed by atoms with van der Waals surface area (Å²) in [4.78, 5) is 21.5. The molecule has 0 atom stereocenters. The summed E-state index contributed by atoms with van der Waals surface area (Å²) in [6, 6.07) is 6.00. The fraction of sp³-hybridized carbons (Fsp3) is 0.571. The lowest BCUT2D eigenvalue weighted by molar-refractivity contribution is -0.00257. The highest BCUT2D eigenvalue weighted by Gasteiger charge is 2.31. The van der Waals surface area contributed by atoms with Crippen LogP contribution in [0.3, 0.4) is 0 Å². The van der Waals surface area contributed by atoms with Crippen molar-refractivity contribution < 1.29 is 9.90 Å². The zero-order valence-corrected chi connectivity index (χ0v) is 16.1. The third kappa shape index (κ3) is 4.21. The van der Waals surface area contributed by atoms with E-state index < -0.39 is 5.60 Å². The number of amides is 1. The van der Waals surface area contributed by atoms with Crippen molar-refractivity contribution >= 4 is 16.9 Å². The summed E-state index contributed by atoms with van der Waals surface area (Å²) in [5.74, 6) is 0.571. The number of carbonyl (C=O) groups is 1. The number of aromatic nitrogens is 2. The molecule has 0 unspecified atom stereocenters. The number of pyridine rings is 2. The standard InChI is InChI=1S/C21H29N3O2/c1-13(2)18-10-5-14-11-15(12-22-19(14)24-18)20(25)23-17-8-6-16(7-9-17)21(3,4)26/h5,10-13,16-17,26H,6-9H2,1-4H3,(H,23,25). The minimum atomic E-state index is -0.640. The van der Waals surface area contributed by atoms with E-state index in [1.807, 2.05) is 32.0 Å². The van der Waals surface area contributed by atoms with Gasteiger partial charge in [-0.05, 0) is 69.6 Å². The van der Waals surface area contributed by atoms with Gasteiger partial charge in [0.25, 0.3) is 5.91 Å². The van der Waals surface area contributed by atoms with Crippen LogP contribution in [0, 0.1) is 5.92 Å². The minimum absolute atomic E-state index is 0.0842. The molecule has 5 heteroatoms. The highest BCUT2D eigenvalue weighted by atomic mass is 16.3. The quantitative estimate of drug-likeness (QED) is 0.874. The number of hydrogen-bond donors (Lipinski definition) is 2. The molecular formula is C21H29N3O2. The van der Waals surface area contributed by atoms with E-state index in [4.69, 9.17) is 0 Å². The maximum atomic E-state index is 12.6. The molecule has 0 aromatic carbocycles. The van der Waals surface area contributed by atoms with E-state index in [2.05, 4.69) is 29.1 Å². The normalized spacial score (nSPS) is 21.2. The number of nitrogens with one attached hydrogen (secondary N) is 1. The van der Waals surface area contributed by atoms with Gasteiger partial charge in [0, 0.05) is 23.3 Å². The third-order valence-electron chi connectivity index (χ3n) is 5.48. The van der Waals surface area contributed by atoms with Crippen LogP contribution in [-0.4, -0.2) is 32.6 Å². The molecule has 2 heterocycles. The maximum absolute atomic E-state index is 12.6. The molecule has 1 saturated carbocycles. The monoisotopic (exact) mass is 355 g/mol. The van der Waals surface area contributed by atoms with Gasteiger partial charge in [-0.15, -0.1) is 0 Å². The second-order valence-electron chi connectivity index (χ2n) is 8.34. The highest BCUT2D eigenvalue weighted by Crippen LogP contribution is 2.32. The summed E-state index contributed by atoms with van der Waals surface area (Å²) in [5.41, 5.74) is 1.62. The van der Waals surface area contributed by atoms with Crippen molar-refractivity contribution in [2.45, 2.75) is 70.9 Å². The van der Waals surface area contributed by atoms with Crippen molar-refractivity contribution in [1.82, 2.24) is 15.3 Å². The largest absolute Gasteiger partial charge is 0.390 e. The Morgan fingerprint density at radius 1 is 1.23 bits per heavy atom. The van der Waals surface area contributed by atoms with Crippen molar-refractivity contribution in [3.8, 4) is 0 Å². The molecule has 0 saturated heterocycles. The van der Waals surface area contributed by atoms with Crippen molar-refractivity contribution in [1.29, 1.82) is 0 Å². The van der Waals surface area contributed by atoms with Crippen LogP contribution >= 0.6 is 0 Å². The Hall–Kier alpha value is -2.01. The van der Waals surface area contributed by atoms with Gasteiger partial charge in [0.15, 0.2) is 5.65 Å². The minimum Gasteiger partial charge on any atom is -0.390 e. The van der Waals surface area contributed by atoms with Gasteiger partial charge < -0.3 is 10.4 Å². The van der Waals surface area contributed by atoms with Gasteiger partial charge in [0.2, 0.25) is 0 Å². The molecule has 2 aromatic rings. The SMILES string of the molecule is CC(C)c1ccc2cc(C(=O)NC3CCC(C(C)(C)O)CC3)cnc2n1. The molecule has 3 rings (SSSR count). The summed E-state index contributed by atoms with van der Waals surface area (Å²) in [6.07, 6.45) is 5.29. The van der Waals surface area contributed by atoms with Crippen molar-refractivity contribution in [3.63, 3.8) is 0 Å². The topological polar surface area (TPSA) is 75.1 Å². The molecule has 1 aliphatic rings. The van der Waals surface area contributed by atoms with Gasteiger partial charge in [-0.3, -0.25) is 4.79 Å². The zero-order valence-electron chi connectivity index (χ0n) is 16.1. The van der Waals surface area contributed by atoms with Crippen molar-refractivity contribution in [3.05, 3.63) is 35.7 Å². The maximum Gasteiger partial charge on any atom is 0.253 e. The van der Waals surface area contributed by atoms with Crippen molar-refractivity contribution in [2.24, 2.45) is 5.92 Å². The van der Waals surface area contributed by atoms with E-state index in [1.165, 1.54) is 0 Å². The lowest BCUT2D eigenvalue weighted by Crippen LogP contribution is -2.41. The predicted molar refractivity (Wildman–Crippen MR) is 103 cm³/mol. The van der Waals surface area contributed by atoms with E-state index in [1.54, 1.807) is 6.20 Å². The van der Waals surface area contributed by atoms with Crippen LogP contribution in [-0.2, 0) is 0 Å². The van der Waals surface area contributed by atoms with E-state index in [9.17, 15) is 9.90 Å². The molecule has 0 radical (unpaired) electrons. The van der Waals surface area contributed by atoms with Gasteiger partial charge in [-0.2, -0.15) is 0 Å². The van der Waals surface area contributed by atoms with Gasteiger partial charge in [-0.25, -0.2) is 9.97 Å². The molecule has 0 bridgehead atoms. The number of aliphatic hydroxyl groups is 1. The smallest absolute Gasteiger partial charge is 0.253 e. The zero-order chi connectivity index (χ0) is 18.9. The molecule has 0 aliphatic heterocycles. The molecule has 5 nitrogen and oxygen atoms in total. The lowest BCUT2D eigenvalue weighted by atomic mass is 9.77. The number of nitrogens with zero attached hydrogens (tertiary/aromatic N) is 2. The Balaban J connectivity index is 1.66. The predicted octanol–water partition coefficient (Wildman–Crippen LogP) is 3.81. The van der Waals surface area contributed by atoms with Crippen LogP contribution in [0.15, 0.2) is 24.4 Å². The Morgan fingerprint density at radius 3 is 2.54 bits per heavy atom. The first-order valence-corrected chi connectivity index (χ1v) is 9.54. The molecule has 2 N–H and O–H groups in total. The molecule has 0 spiro atoms. The molecular weight excluding hydrogens is 326 g/mol. The third-order valence-corrected chi connectivity index (χ3v) is 5.48. The molecule has 26 heavy (non-hydrogen) atoms. The van der Waals surface area contributed by atoms with Crippen LogP contribution in [0.4, 0.5) is 0 Å². The van der Waals surface area contributed by atoms with Crippen LogP contribution in [0.5, 0.6) is 0 Å². The molecule has 2 aromatic heterocycles. The van der Waals surface area contributed by atoms with Crippen molar-refractivity contribution in [2.75, 3.05) is 0 Å². The first-order valence-electron chi connectivity index (χ1n) is 9.54. The second kappa shape index (κ2) is 7.31. The molecule has 1 amide bonds. The number of rotatable bonds is 4. The van der Waals surface area contributed by atoms with Gasteiger partial charge in [0.1, 0.15) is 0 Å². The first-order chi connectivity index (χ1) is 12.2. The Kier molecular flexibility index (Phi) is 5.28. The molecule has 1 fully saturated rings.